The Bertz CT molecular complexity index is 437. The molecule has 6 heteroatoms. The van der Waals surface area contributed by atoms with Crippen LogP contribution in [0.5, 0.6) is 5.75 Å². The zero-order valence-corrected chi connectivity index (χ0v) is 15.6. The number of nitrogens with one attached hydrogen (secondary N) is 1. The standard InChI is InChI=1S/C16H25ClN2O.2ClH/c1-12(2)3-5-15(19-9-7-18-8-10-19)13-4-6-16(20)14(17)11-13;;/h4,6,11-12,15,18,20H,3,5,7-10H2,1-2H3;2*1H/t15-;;/m0../s1. The van der Waals surface area contributed by atoms with Crippen LogP contribution >= 0.6 is 36.4 Å². The molecule has 1 atom stereocenters. The Kier molecular flexibility index (Phi) is 10.5. The molecule has 0 amide bonds. The van der Waals surface area contributed by atoms with Crippen LogP contribution in [0.15, 0.2) is 18.2 Å². The summed E-state index contributed by atoms with van der Waals surface area (Å²) in [6.45, 7) is 8.76. The number of piperazine rings is 1. The van der Waals surface area contributed by atoms with Gasteiger partial charge in [-0.1, -0.05) is 31.5 Å². The Morgan fingerprint density at radius 1 is 1.18 bits per heavy atom. The lowest BCUT2D eigenvalue weighted by atomic mass is 9.95. The van der Waals surface area contributed by atoms with E-state index in [9.17, 15) is 5.11 Å². The zero-order chi connectivity index (χ0) is 14.5. The second-order valence-corrected chi connectivity index (χ2v) is 6.39. The van der Waals surface area contributed by atoms with Gasteiger partial charge in [-0.3, -0.25) is 4.90 Å². The molecule has 0 unspecified atom stereocenters. The normalized spacial score (nSPS) is 16.7. The summed E-state index contributed by atoms with van der Waals surface area (Å²) in [5.74, 6) is 0.867. The van der Waals surface area contributed by atoms with Crippen LogP contribution in [-0.4, -0.2) is 36.2 Å². The largest absolute Gasteiger partial charge is 0.506 e. The molecule has 2 N–H and O–H groups in total. The van der Waals surface area contributed by atoms with E-state index < -0.39 is 0 Å². The molecule has 0 bridgehead atoms. The van der Waals surface area contributed by atoms with E-state index in [2.05, 4.69) is 24.1 Å². The highest BCUT2D eigenvalue weighted by Crippen LogP contribution is 2.32. The molecule has 3 nitrogen and oxygen atoms in total. The van der Waals surface area contributed by atoms with Gasteiger partial charge in [0, 0.05) is 32.2 Å². The summed E-state index contributed by atoms with van der Waals surface area (Å²) in [5.41, 5.74) is 1.22. The fourth-order valence-electron chi connectivity index (χ4n) is 2.78. The van der Waals surface area contributed by atoms with E-state index in [1.165, 1.54) is 12.0 Å². The van der Waals surface area contributed by atoms with Gasteiger partial charge in [-0.25, -0.2) is 0 Å². The molecule has 1 aromatic carbocycles. The Morgan fingerprint density at radius 3 is 2.36 bits per heavy atom. The molecule has 1 fully saturated rings. The van der Waals surface area contributed by atoms with Gasteiger partial charge in [0.05, 0.1) is 5.02 Å². The summed E-state index contributed by atoms with van der Waals surface area (Å²) in [6, 6.07) is 6.04. The van der Waals surface area contributed by atoms with Gasteiger partial charge in [-0.15, -0.1) is 24.8 Å². The topological polar surface area (TPSA) is 35.5 Å². The van der Waals surface area contributed by atoms with Crippen LogP contribution in [0.2, 0.25) is 5.02 Å². The third kappa shape index (κ3) is 6.13. The van der Waals surface area contributed by atoms with Gasteiger partial charge in [0.2, 0.25) is 0 Å². The minimum absolute atomic E-state index is 0. The second-order valence-electron chi connectivity index (χ2n) is 5.98. The number of aromatic hydroxyl groups is 1. The molecule has 1 aliphatic rings. The Labute approximate surface area is 151 Å². The molecule has 0 radical (unpaired) electrons. The van der Waals surface area contributed by atoms with Gasteiger partial charge in [0.1, 0.15) is 5.75 Å². The molecular formula is C16H27Cl3N2O. The van der Waals surface area contributed by atoms with Gasteiger partial charge < -0.3 is 10.4 Å². The molecular weight excluding hydrogens is 343 g/mol. The lowest BCUT2D eigenvalue weighted by Crippen LogP contribution is -2.45. The minimum Gasteiger partial charge on any atom is -0.506 e. The molecule has 0 aromatic heterocycles. The molecule has 0 saturated carbocycles. The van der Waals surface area contributed by atoms with Crippen LogP contribution in [0.1, 0.15) is 38.3 Å². The summed E-state index contributed by atoms with van der Waals surface area (Å²) in [7, 11) is 0. The Balaban J connectivity index is 0.00000220. The maximum Gasteiger partial charge on any atom is 0.134 e. The van der Waals surface area contributed by atoms with E-state index in [-0.39, 0.29) is 30.6 Å². The Hall–Kier alpha value is -0.190. The van der Waals surface area contributed by atoms with E-state index >= 15 is 0 Å². The first-order chi connectivity index (χ1) is 9.58. The highest BCUT2D eigenvalue weighted by Gasteiger charge is 2.22. The number of phenolic OH excluding ortho intramolecular Hbond substituents is 1. The van der Waals surface area contributed by atoms with E-state index in [0.29, 0.717) is 17.0 Å². The monoisotopic (exact) mass is 368 g/mol. The maximum absolute atomic E-state index is 9.60. The number of halogens is 3. The summed E-state index contributed by atoms with van der Waals surface area (Å²) in [4.78, 5) is 2.53. The first kappa shape index (κ1) is 21.8. The van der Waals surface area contributed by atoms with Gasteiger partial charge in [0.15, 0.2) is 0 Å². The van der Waals surface area contributed by atoms with Gasteiger partial charge in [-0.05, 0) is 36.5 Å². The van der Waals surface area contributed by atoms with Crippen LogP contribution in [0.4, 0.5) is 0 Å². The SMILES string of the molecule is CC(C)CC[C@@H](c1ccc(O)c(Cl)c1)N1CCNCC1.Cl.Cl. The van der Waals surface area contributed by atoms with Crippen LogP contribution in [-0.2, 0) is 0 Å². The number of rotatable bonds is 5. The predicted molar refractivity (Wildman–Crippen MR) is 98.9 cm³/mol. The molecule has 1 aliphatic heterocycles. The molecule has 2 rings (SSSR count). The number of benzene rings is 1. The van der Waals surface area contributed by atoms with Crippen molar-refractivity contribution in [3.63, 3.8) is 0 Å². The van der Waals surface area contributed by atoms with E-state index in [1.54, 1.807) is 6.07 Å². The first-order valence-corrected chi connectivity index (χ1v) is 7.89. The van der Waals surface area contributed by atoms with E-state index in [0.717, 1.165) is 32.6 Å². The number of phenols is 1. The second kappa shape index (κ2) is 10.6. The van der Waals surface area contributed by atoms with Crippen molar-refractivity contribution < 1.29 is 5.11 Å². The average Bonchev–Trinajstić information content (AvgIpc) is 2.44. The highest BCUT2D eigenvalue weighted by atomic mass is 35.5. The van der Waals surface area contributed by atoms with Crippen LogP contribution in [0, 0.1) is 5.92 Å². The average molecular weight is 370 g/mol. The summed E-state index contributed by atoms with van der Waals surface area (Å²) < 4.78 is 0. The number of hydrogen-bond acceptors (Lipinski definition) is 3. The highest BCUT2D eigenvalue weighted by molar-refractivity contribution is 6.32. The number of hydrogen-bond donors (Lipinski definition) is 2. The van der Waals surface area contributed by atoms with Crippen LogP contribution < -0.4 is 5.32 Å². The molecule has 1 heterocycles. The van der Waals surface area contributed by atoms with Gasteiger partial charge >= 0.3 is 0 Å². The fraction of sp³-hybridized carbons (Fsp3) is 0.625. The number of nitrogens with zero attached hydrogens (tertiary/aromatic N) is 1. The van der Waals surface area contributed by atoms with Crippen molar-refractivity contribution in [1.29, 1.82) is 0 Å². The molecule has 1 aromatic rings. The quantitative estimate of drug-likeness (QED) is 0.813. The summed E-state index contributed by atoms with van der Waals surface area (Å²) in [5, 5.41) is 13.4. The van der Waals surface area contributed by atoms with Crippen molar-refractivity contribution in [3.8, 4) is 5.75 Å². The third-order valence-corrected chi connectivity index (χ3v) is 4.27. The summed E-state index contributed by atoms with van der Waals surface area (Å²) >= 11 is 6.08. The third-order valence-electron chi connectivity index (χ3n) is 3.97. The van der Waals surface area contributed by atoms with Crippen LogP contribution in [0.3, 0.4) is 0 Å². The minimum atomic E-state index is 0. The molecule has 0 spiro atoms. The lowest BCUT2D eigenvalue weighted by Gasteiger charge is -2.35. The first-order valence-electron chi connectivity index (χ1n) is 7.51. The maximum atomic E-state index is 9.60. The van der Waals surface area contributed by atoms with Crippen molar-refractivity contribution in [2.45, 2.75) is 32.7 Å². The fourth-order valence-corrected chi connectivity index (χ4v) is 2.96. The zero-order valence-electron chi connectivity index (χ0n) is 13.2. The van der Waals surface area contributed by atoms with Gasteiger partial charge in [0.25, 0.3) is 0 Å². The van der Waals surface area contributed by atoms with Crippen molar-refractivity contribution in [1.82, 2.24) is 10.2 Å². The Morgan fingerprint density at radius 2 is 1.82 bits per heavy atom. The lowest BCUT2D eigenvalue weighted by molar-refractivity contribution is 0.160. The molecule has 1 saturated heterocycles. The summed E-state index contributed by atoms with van der Waals surface area (Å²) in [6.07, 6.45) is 2.34. The smallest absolute Gasteiger partial charge is 0.134 e. The molecule has 22 heavy (non-hydrogen) atoms. The molecule has 0 aliphatic carbocycles. The van der Waals surface area contributed by atoms with Crippen molar-refractivity contribution in [2.24, 2.45) is 5.92 Å². The van der Waals surface area contributed by atoms with Crippen LogP contribution in [0.25, 0.3) is 0 Å². The van der Waals surface area contributed by atoms with Crippen molar-refractivity contribution >= 4 is 36.4 Å². The van der Waals surface area contributed by atoms with Crippen molar-refractivity contribution in [3.05, 3.63) is 28.8 Å². The van der Waals surface area contributed by atoms with Gasteiger partial charge in [-0.2, -0.15) is 0 Å². The van der Waals surface area contributed by atoms with Crippen molar-refractivity contribution in [2.75, 3.05) is 26.2 Å². The van der Waals surface area contributed by atoms with E-state index in [4.69, 9.17) is 11.6 Å². The van der Waals surface area contributed by atoms with E-state index in [1.807, 2.05) is 12.1 Å². The molecule has 128 valence electrons. The predicted octanol–water partition coefficient (Wildman–Crippen LogP) is 4.27.